The molecular formula is C20H22ClN3OS. The zero-order valence-electron chi connectivity index (χ0n) is 14.9. The molecule has 0 aliphatic rings. The van der Waals surface area contributed by atoms with E-state index in [0.29, 0.717) is 17.5 Å². The number of para-hydroxylation sites is 1. The first-order valence-corrected chi connectivity index (χ1v) is 10.0. The minimum absolute atomic E-state index is 0.342. The van der Waals surface area contributed by atoms with Crippen molar-refractivity contribution in [2.45, 2.75) is 32.0 Å². The molecule has 1 aromatic heterocycles. The van der Waals surface area contributed by atoms with Gasteiger partial charge >= 0.3 is 0 Å². The molecule has 26 heavy (non-hydrogen) atoms. The maximum Gasteiger partial charge on any atom is 0.195 e. The number of halogens is 1. The van der Waals surface area contributed by atoms with E-state index in [1.807, 2.05) is 42.5 Å². The molecule has 0 aliphatic heterocycles. The van der Waals surface area contributed by atoms with Crippen LogP contribution in [0.1, 0.15) is 26.1 Å². The highest BCUT2D eigenvalue weighted by Gasteiger charge is 2.15. The quantitative estimate of drug-likeness (QED) is 0.469. The Morgan fingerprint density at radius 2 is 1.77 bits per heavy atom. The van der Waals surface area contributed by atoms with Crippen LogP contribution in [0.15, 0.2) is 59.8 Å². The molecule has 0 bridgehead atoms. The van der Waals surface area contributed by atoms with Gasteiger partial charge in [-0.05, 0) is 48.7 Å². The molecule has 6 heteroatoms. The lowest BCUT2D eigenvalue weighted by Gasteiger charge is -2.11. The number of rotatable bonds is 8. The van der Waals surface area contributed by atoms with Crippen LogP contribution in [-0.4, -0.2) is 20.5 Å². The molecule has 136 valence electrons. The molecule has 0 unspecified atom stereocenters. The van der Waals surface area contributed by atoms with Crippen LogP contribution >= 0.6 is 23.4 Å². The van der Waals surface area contributed by atoms with E-state index >= 15 is 0 Å². The topological polar surface area (TPSA) is 39.9 Å². The monoisotopic (exact) mass is 387 g/mol. The Morgan fingerprint density at radius 3 is 2.46 bits per heavy atom. The first-order chi connectivity index (χ1) is 12.6. The van der Waals surface area contributed by atoms with E-state index in [9.17, 15) is 0 Å². The first-order valence-electron chi connectivity index (χ1n) is 8.64. The number of aromatic nitrogens is 3. The van der Waals surface area contributed by atoms with Crippen LogP contribution in [0, 0.1) is 5.92 Å². The lowest BCUT2D eigenvalue weighted by molar-refractivity contribution is 0.293. The van der Waals surface area contributed by atoms with E-state index in [1.54, 1.807) is 11.8 Å². The van der Waals surface area contributed by atoms with Gasteiger partial charge in [0, 0.05) is 16.5 Å². The van der Waals surface area contributed by atoms with Crippen molar-refractivity contribution in [3.8, 4) is 11.4 Å². The molecular weight excluding hydrogens is 366 g/mol. The van der Waals surface area contributed by atoms with E-state index < -0.39 is 0 Å². The molecule has 4 nitrogen and oxygen atoms in total. The highest BCUT2D eigenvalue weighted by Crippen LogP contribution is 2.24. The van der Waals surface area contributed by atoms with Crippen LogP contribution in [-0.2, 0) is 6.61 Å². The van der Waals surface area contributed by atoms with Gasteiger partial charge in [0.25, 0.3) is 0 Å². The summed E-state index contributed by atoms with van der Waals surface area (Å²) >= 11 is 7.65. The van der Waals surface area contributed by atoms with E-state index in [2.05, 4.69) is 40.7 Å². The SMILES string of the molecule is CC(C)CCSc1nnc(COc2ccc(Cl)cc2)n1-c1ccccc1. The molecule has 0 amide bonds. The Labute approximate surface area is 163 Å². The average molecular weight is 388 g/mol. The maximum atomic E-state index is 5.92. The van der Waals surface area contributed by atoms with Gasteiger partial charge in [-0.15, -0.1) is 10.2 Å². The van der Waals surface area contributed by atoms with Crippen LogP contribution in [0.5, 0.6) is 5.75 Å². The van der Waals surface area contributed by atoms with Gasteiger partial charge in [-0.25, -0.2) is 0 Å². The third-order valence-corrected chi connectivity index (χ3v) is 5.04. The van der Waals surface area contributed by atoms with Crippen molar-refractivity contribution in [1.29, 1.82) is 0 Å². The Hall–Kier alpha value is -1.98. The number of hydrogen-bond donors (Lipinski definition) is 0. The van der Waals surface area contributed by atoms with Gasteiger partial charge in [-0.2, -0.15) is 0 Å². The summed E-state index contributed by atoms with van der Waals surface area (Å²) in [5.74, 6) is 3.22. The van der Waals surface area contributed by atoms with Gasteiger partial charge in [-0.1, -0.05) is 55.4 Å². The third-order valence-electron chi connectivity index (χ3n) is 3.82. The Bertz CT molecular complexity index is 819. The summed E-state index contributed by atoms with van der Waals surface area (Å²) in [5, 5.41) is 10.3. The summed E-state index contributed by atoms with van der Waals surface area (Å²) in [6.07, 6.45) is 1.14. The molecule has 3 rings (SSSR count). The molecule has 1 heterocycles. The van der Waals surface area contributed by atoms with Crippen molar-refractivity contribution in [3.05, 3.63) is 65.4 Å². The summed E-state index contributed by atoms with van der Waals surface area (Å²) in [6, 6.07) is 17.5. The molecule has 0 saturated carbocycles. The molecule has 0 atom stereocenters. The molecule has 0 spiro atoms. The van der Waals surface area contributed by atoms with E-state index in [1.165, 1.54) is 0 Å². The summed E-state index contributed by atoms with van der Waals surface area (Å²) in [4.78, 5) is 0. The number of hydrogen-bond acceptors (Lipinski definition) is 4. The largest absolute Gasteiger partial charge is 0.486 e. The lowest BCUT2D eigenvalue weighted by Crippen LogP contribution is -2.06. The fourth-order valence-electron chi connectivity index (χ4n) is 2.39. The Balaban J connectivity index is 1.80. The highest BCUT2D eigenvalue weighted by atomic mass is 35.5. The third kappa shape index (κ3) is 5.02. The summed E-state index contributed by atoms with van der Waals surface area (Å²) in [7, 11) is 0. The Morgan fingerprint density at radius 1 is 1.04 bits per heavy atom. The molecule has 0 N–H and O–H groups in total. The van der Waals surface area contributed by atoms with Crippen LogP contribution in [0.4, 0.5) is 0 Å². The summed E-state index contributed by atoms with van der Waals surface area (Å²) in [5.41, 5.74) is 1.04. The fraction of sp³-hybridized carbons (Fsp3) is 0.300. The second kappa shape index (κ2) is 9.10. The number of benzene rings is 2. The normalized spacial score (nSPS) is 11.1. The van der Waals surface area contributed by atoms with E-state index in [-0.39, 0.29) is 0 Å². The Kier molecular flexibility index (Phi) is 6.58. The smallest absolute Gasteiger partial charge is 0.195 e. The fourth-order valence-corrected chi connectivity index (χ4v) is 3.72. The van der Waals surface area contributed by atoms with Gasteiger partial charge < -0.3 is 4.74 Å². The predicted octanol–water partition coefficient (Wildman–Crippen LogP) is 5.64. The van der Waals surface area contributed by atoms with Crippen LogP contribution < -0.4 is 4.74 Å². The van der Waals surface area contributed by atoms with Crippen LogP contribution in [0.25, 0.3) is 5.69 Å². The van der Waals surface area contributed by atoms with Crippen molar-refractivity contribution in [2.24, 2.45) is 5.92 Å². The molecule has 0 aliphatic carbocycles. The summed E-state index contributed by atoms with van der Waals surface area (Å²) in [6.45, 7) is 4.80. The maximum absolute atomic E-state index is 5.92. The van der Waals surface area contributed by atoms with Crippen LogP contribution in [0.2, 0.25) is 5.02 Å². The average Bonchev–Trinajstić information content (AvgIpc) is 3.04. The van der Waals surface area contributed by atoms with Crippen molar-refractivity contribution in [2.75, 3.05) is 5.75 Å². The summed E-state index contributed by atoms with van der Waals surface area (Å²) < 4.78 is 7.94. The zero-order chi connectivity index (χ0) is 18.4. The minimum atomic E-state index is 0.342. The van der Waals surface area contributed by atoms with E-state index in [4.69, 9.17) is 16.3 Å². The highest BCUT2D eigenvalue weighted by molar-refractivity contribution is 7.99. The molecule has 0 radical (unpaired) electrons. The van der Waals surface area contributed by atoms with Crippen molar-refractivity contribution >= 4 is 23.4 Å². The van der Waals surface area contributed by atoms with Crippen molar-refractivity contribution in [3.63, 3.8) is 0 Å². The first kappa shape index (κ1) is 18.8. The number of ether oxygens (including phenoxy) is 1. The van der Waals surface area contributed by atoms with Gasteiger partial charge in [0.2, 0.25) is 0 Å². The standard InChI is InChI=1S/C20H22ClN3OS/c1-15(2)12-13-26-20-23-22-19(24(20)17-6-4-3-5-7-17)14-25-18-10-8-16(21)9-11-18/h3-11,15H,12-14H2,1-2H3. The van der Waals surface area contributed by atoms with Crippen molar-refractivity contribution in [1.82, 2.24) is 14.8 Å². The van der Waals surface area contributed by atoms with Gasteiger partial charge in [0.15, 0.2) is 11.0 Å². The van der Waals surface area contributed by atoms with Gasteiger partial charge in [-0.3, -0.25) is 4.57 Å². The molecule has 0 fully saturated rings. The van der Waals surface area contributed by atoms with Gasteiger partial charge in [0.05, 0.1) is 0 Å². The zero-order valence-corrected chi connectivity index (χ0v) is 16.5. The second-order valence-corrected chi connectivity index (χ2v) is 7.84. The molecule has 0 saturated heterocycles. The number of thioether (sulfide) groups is 1. The second-order valence-electron chi connectivity index (χ2n) is 6.34. The lowest BCUT2D eigenvalue weighted by atomic mass is 10.2. The molecule has 2 aromatic carbocycles. The minimum Gasteiger partial charge on any atom is -0.486 e. The van der Waals surface area contributed by atoms with E-state index in [0.717, 1.165) is 34.6 Å². The van der Waals surface area contributed by atoms with Crippen molar-refractivity contribution < 1.29 is 4.74 Å². The molecule has 3 aromatic rings. The van der Waals surface area contributed by atoms with Gasteiger partial charge in [0.1, 0.15) is 12.4 Å². The predicted molar refractivity (Wildman–Crippen MR) is 107 cm³/mol. The van der Waals surface area contributed by atoms with Crippen LogP contribution in [0.3, 0.4) is 0 Å². The number of nitrogens with zero attached hydrogens (tertiary/aromatic N) is 3.